The molecule has 50 atom stereocenters. The third-order valence-electron chi connectivity index (χ3n) is 22.0. The summed E-state index contributed by atoms with van der Waals surface area (Å²) in [6, 6.07) is -5.94. The van der Waals surface area contributed by atoms with Crippen LogP contribution in [0.15, 0.2) is 0 Å². The Labute approximate surface area is 668 Å². The van der Waals surface area contributed by atoms with E-state index in [0.717, 1.165) is 20.8 Å². The number of ether oxygens (including phenoxy) is 19. The van der Waals surface area contributed by atoms with Crippen molar-refractivity contribution in [2.45, 2.75) is 341 Å². The highest BCUT2D eigenvalue weighted by Crippen LogP contribution is 2.41. The van der Waals surface area contributed by atoms with Gasteiger partial charge < -0.3 is 244 Å². The molecule has 1 unspecified atom stereocenters. The van der Waals surface area contributed by atoms with E-state index in [0.29, 0.717) is 0 Å². The number of carbonyl (C=O) groups is 3. The third kappa shape index (κ3) is 20.8. The summed E-state index contributed by atoms with van der Waals surface area (Å²) in [5.74, 6) is -2.96. The monoisotopic (exact) mass is 1730 g/mol. The van der Waals surface area contributed by atoms with Crippen molar-refractivity contribution in [3.63, 3.8) is 0 Å². The van der Waals surface area contributed by atoms with E-state index in [1.807, 2.05) is 0 Å². The molecule has 52 heteroatoms. The average molecular weight is 1730 g/mol. The normalized spacial score (nSPS) is 51.1. The Hall–Kier alpha value is -3.43. The van der Waals surface area contributed by atoms with E-state index >= 15 is 0 Å². The van der Waals surface area contributed by atoms with Crippen LogP contribution < -0.4 is 16.0 Å². The molecule has 118 heavy (non-hydrogen) atoms. The quantitative estimate of drug-likeness (QED) is 0.0331. The fourth-order valence-corrected chi connectivity index (χ4v) is 15.4. The molecule has 0 spiro atoms. The van der Waals surface area contributed by atoms with Gasteiger partial charge in [0.1, 0.15) is 232 Å². The maximum absolute atomic E-state index is 13.7. The van der Waals surface area contributed by atoms with Crippen molar-refractivity contribution in [1.29, 1.82) is 0 Å². The summed E-state index contributed by atoms with van der Waals surface area (Å²) >= 11 is 0. The lowest BCUT2D eigenvalue weighted by Gasteiger charge is -2.52. The minimum absolute atomic E-state index is 0.917. The van der Waals surface area contributed by atoms with Crippen LogP contribution in [0, 0.1) is 0 Å². The summed E-state index contributed by atoms with van der Waals surface area (Å²) in [5.41, 5.74) is 0. The molecule has 10 rings (SSSR count). The molecule has 0 bridgehead atoms. The van der Waals surface area contributed by atoms with E-state index in [9.17, 15) is 152 Å². The Morgan fingerprint density at radius 1 is 0.237 bits per heavy atom. The molecule has 30 N–H and O–H groups in total. The highest BCUT2D eigenvalue weighted by Gasteiger charge is 2.62. The van der Waals surface area contributed by atoms with Gasteiger partial charge in [0.2, 0.25) is 17.7 Å². The van der Waals surface area contributed by atoms with Gasteiger partial charge in [0.25, 0.3) is 0 Å². The smallest absolute Gasteiger partial charge is 0.217 e. The zero-order valence-corrected chi connectivity index (χ0v) is 63.6. The maximum atomic E-state index is 13.7. The van der Waals surface area contributed by atoms with Crippen molar-refractivity contribution < 1.29 is 242 Å². The highest BCUT2D eigenvalue weighted by molar-refractivity contribution is 5.74. The van der Waals surface area contributed by atoms with Crippen molar-refractivity contribution in [3.05, 3.63) is 0 Å². The van der Waals surface area contributed by atoms with Crippen LogP contribution in [-0.4, -0.2) is 515 Å². The molecule has 10 fully saturated rings. The predicted octanol–water partition coefficient (Wildman–Crippen LogP) is -20.3. The van der Waals surface area contributed by atoms with Gasteiger partial charge in [-0.25, -0.2) is 0 Å². The molecule has 0 aromatic heterocycles. The number of amides is 3. The second-order valence-electron chi connectivity index (χ2n) is 30.2. The molecule has 0 aromatic carbocycles. The number of aliphatic hydroxyl groups is 27. The van der Waals surface area contributed by atoms with E-state index in [-0.39, 0.29) is 0 Å². The van der Waals surface area contributed by atoms with E-state index < -0.39 is 377 Å². The minimum atomic E-state index is -2.51. The molecule has 52 nitrogen and oxygen atoms in total. The van der Waals surface area contributed by atoms with Gasteiger partial charge in [-0.3, -0.25) is 14.4 Å². The van der Waals surface area contributed by atoms with Crippen LogP contribution in [-0.2, 0) is 104 Å². The van der Waals surface area contributed by atoms with Gasteiger partial charge in [-0.2, -0.15) is 0 Å². The average Bonchev–Trinajstić information content (AvgIpc) is 0.763. The third-order valence-corrected chi connectivity index (χ3v) is 22.0. The molecule has 0 aromatic rings. The number of nitrogens with one attached hydrogen (secondary N) is 3. The van der Waals surface area contributed by atoms with E-state index in [1.54, 1.807) is 0 Å². The number of aliphatic hydroxyl groups excluding tert-OH is 27. The fraction of sp³-hybridized carbons (Fsp3) is 0.955. The van der Waals surface area contributed by atoms with Gasteiger partial charge in [-0.05, 0) is 13.8 Å². The van der Waals surface area contributed by atoms with Gasteiger partial charge in [-0.15, -0.1) is 0 Å². The van der Waals surface area contributed by atoms with Crippen LogP contribution in [0.3, 0.4) is 0 Å². The molecule has 0 aliphatic carbocycles. The first-order valence-corrected chi connectivity index (χ1v) is 37.9. The molecule has 10 saturated heterocycles. The summed E-state index contributed by atoms with van der Waals surface area (Å²) in [7, 11) is 0. The Morgan fingerprint density at radius 3 is 0.890 bits per heavy atom. The second kappa shape index (κ2) is 41.8. The number of carbonyl (C=O) groups excluding carboxylic acids is 3. The van der Waals surface area contributed by atoms with Crippen molar-refractivity contribution in [2.75, 3.05) is 52.9 Å². The summed E-state index contributed by atoms with van der Waals surface area (Å²) < 4.78 is 114. The zero-order chi connectivity index (χ0) is 86.8. The Balaban J connectivity index is 0.992. The predicted molar refractivity (Wildman–Crippen MR) is 362 cm³/mol. The van der Waals surface area contributed by atoms with Crippen molar-refractivity contribution in [1.82, 2.24) is 16.0 Å². The van der Waals surface area contributed by atoms with Crippen LogP contribution in [0.5, 0.6) is 0 Å². The molecule has 10 heterocycles. The molecular formula is C66H111N3O49. The largest absolute Gasteiger partial charge is 0.394 e. The van der Waals surface area contributed by atoms with Gasteiger partial charge in [0.15, 0.2) is 62.9 Å². The first-order chi connectivity index (χ1) is 55.8. The number of hydrogen-bond donors (Lipinski definition) is 30. The Morgan fingerprint density at radius 2 is 0.500 bits per heavy atom. The van der Waals surface area contributed by atoms with Gasteiger partial charge in [-0.1, -0.05) is 0 Å². The van der Waals surface area contributed by atoms with Crippen LogP contribution in [0.4, 0.5) is 0 Å². The first-order valence-electron chi connectivity index (χ1n) is 37.9. The fourth-order valence-electron chi connectivity index (χ4n) is 15.4. The lowest BCUT2D eigenvalue weighted by atomic mass is 9.93. The summed E-state index contributed by atoms with van der Waals surface area (Å²) in [5, 5.41) is 306. The van der Waals surface area contributed by atoms with E-state index in [4.69, 9.17) is 90.0 Å². The lowest BCUT2D eigenvalue weighted by Crippen LogP contribution is -2.71. The van der Waals surface area contributed by atoms with Gasteiger partial charge in [0.05, 0.1) is 65.1 Å². The Kier molecular flexibility index (Phi) is 34.3. The van der Waals surface area contributed by atoms with Crippen LogP contribution >= 0.6 is 0 Å². The van der Waals surface area contributed by atoms with Crippen molar-refractivity contribution >= 4 is 17.7 Å². The van der Waals surface area contributed by atoms with Crippen LogP contribution in [0.1, 0.15) is 34.6 Å². The first kappa shape index (κ1) is 96.8. The summed E-state index contributed by atoms with van der Waals surface area (Å²) in [6.45, 7) is -3.79. The van der Waals surface area contributed by atoms with Crippen molar-refractivity contribution in [2.24, 2.45) is 0 Å². The molecule has 10 aliphatic rings. The molecular weight excluding hydrogens is 1620 g/mol. The molecule has 3 amide bonds. The van der Waals surface area contributed by atoms with E-state index in [2.05, 4.69) is 16.0 Å². The molecule has 684 valence electrons. The number of rotatable bonds is 29. The molecule has 0 radical (unpaired) electrons. The second-order valence-corrected chi connectivity index (χ2v) is 30.2. The lowest BCUT2D eigenvalue weighted by molar-refractivity contribution is -0.395. The highest BCUT2D eigenvalue weighted by atomic mass is 16.8. The standard InChI is InChI=1S/C66H111N3O49/c1-14-30(80)37(87)43(93)61(101-14)115-53-28(68-17(4)78)58(108-24(11-75)50(53)113-65-47(97)55(35(85)22(9-73)107-65)117-59-27(67-16(3)77)52(34(84)21(8-72)104-59)114-64-46(96)40(90)33(83)20(7-71)106-64)100-13-26-36(86)56(48(98)66(110-26)111-49-23(10-74)103-57(99)42(92)41(49)91)118-60-29(69-18(5)79)54(116-62-44(94)38(88)31(81)15(2)102-62)51(25(12-76)109-60)112-63-45(95)39(89)32(82)19(6-70)105-63/h14-15,19-66,70-76,80-99H,6-13H2,1-5H3,(H,67,77)(H,68,78)(H,69,79)/t14-,15-,19+,20+,21+,22+,23+,24+,25+,26+,27+,28+,29+,30+,31+,32-,33-,34+,35-,36-,37+,38+,39-,40-,41+,42+,43-,44-,45+,46+,47+,48+,49+,50+,51+,52+,53+,54+,55-,56-,57?,58+,59-,60-,61-,62-,63-,64-,65-,66-/m0/s1. The molecule has 10 aliphatic heterocycles. The van der Waals surface area contributed by atoms with Gasteiger partial charge >= 0.3 is 0 Å². The van der Waals surface area contributed by atoms with Crippen molar-refractivity contribution in [3.8, 4) is 0 Å². The topological polar surface area (TPSA) is 809 Å². The zero-order valence-electron chi connectivity index (χ0n) is 63.6. The summed E-state index contributed by atoms with van der Waals surface area (Å²) in [4.78, 5) is 40.1. The SMILES string of the molecule is CC(=O)N[C@H]1[C@H](O[C@H]2[C@@H](O)[C@@H](CO[C@@H]3O[C@H](CO)[C@@H](O[C@@H]4O[C@H](CO)[C@H](O)[C@H](O[C@@H]5O[C@H](CO)[C@@H](O)[C@H](O[C@@H]6O[C@H](CO)[C@H](O)[C@H](O)[C@H]6O)[C@H]5NC(C)=O)[C@H]4O)[C@H](O[C@@H]4O[C@@H](C)[C@@H](O)[C@@H](O)[C@@H]4O)[C@H]3NC(C)=O)O[C@@H](O[C@H]3[C@H](O)[C@@H](O)C(O)O[C@@H]3CO)[C@@H]2O)O[C@H](CO)[C@@H](O[C@@H]2O[C@H](CO)[C@H](O)[C@H](O)[C@H]2O)[C@@H]1O[C@@H]1O[C@@H](C)[C@@H](O)[C@@H](O)[C@@H]1O. The maximum Gasteiger partial charge on any atom is 0.217 e. The number of hydrogen-bond acceptors (Lipinski definition) is 49. The van der Waals surface area contributed by atoms with Crippen LogP contribution in [0.2, 0.25) is 0 Å². The van der Waals surface area contributed by atoms with E-state index in [1.165, 1.54) is 13.8 Å². The molecule has 0 saturated carbocycles. The van der Waals surface area contributed by atoms with Gasteiger partial charge in [0, 0.05) is 20.8 Å². The Bertz CT molecular complexity index is 3140. The summed E-state index contributed by atoms with van der Waals surface area (Å²) in [6.07, 6.45) is -97.3. The van der Waals surface area contributed by atoms with Crippen LogP contribution in [0.25, 0.3) is 0 Å². The minimum Gasteiger partial charge on any atom is -0.394 e.